The van der Waals surface area contributed by atoms with Crippen molar-refractivity contribution in [1.82, 2.24) is 24.0 Å². The fraction of sp³-hybridized carbons (Fsp3) is 0.611. The van der Waals surface area contributed by atoms with E-state index in [-0.39, 0.29) is 11.2 Å². The molecular weight excluding hydrogens is 348 g/mol. The molecule has 0 amide bonds. The van der Waals surface area contributed by atoms with Crippen LogP contribution < -0.4 is 21.5 Å². The summed E-state index contributed by atoms with van der Waals surface area (Å²) in [5.41, 5.74) is 0.0684. The molecule has 9 heteroatoms. The lowest BCUT2D eigenvalue weighted by Gasteiger charge is -2.28. The molecule has 1 aliphatic heterocycles. The molecule has 1 N–H and O–H groups in total. The highest BCUT2D eigenvalue weighted by Gasteiger charge is 2.24. The summed E-state index contributed by atoms with van der Waals surface area (Å²) < 4.78 is 9.89. The molecule has 0 saturated carbocycles. The molecule has 1 saturated heterocycles. The Bertz CT molecular complexity index is 985. The van der Waals surface area contributed by atoms with Crippen molar-refractivity contribution in [3.8, 4) is 11.8 Å². The largest absolute Gasteiger partial charge is 0.380 e. The van der Waals surface area contributed by atoms with Crippen LogP contribution in [0.5, 0.6) is 0 Å². The smallest absolute Gasteiger partial charge is 0.332 e. The molecule has 0 atom stereocenters. The average molecular weight is 374 g/mol. The van der Waals surface area contributed by atoms with Crippen molar-refractivity contribution in [2.24, 2.45) is 7.05 Å². The SMILES string of the molecule is CC#CCn1c(N2CCNCC2)nc2c1c(=O)n(C)c(=O)n2CCOCC. The Labute approximate surface area is 157 Å². The number of aromatic nitrogens is 4. The molecular formula is C18H26N6O3. The normalized spacial score (nSPS) is 14.4. The van der Waals surface area contributed by atoms with Gasteiger partial charge in [0.15, 0.2) is 11.2 Å². The molecule has 0 unspecified atom stereocenters. The van der Waals surface area contributed by atoms with Crippen molar-refractivity contribution < 1.29 is 4.74 Å². The highest BCUT2D eigenvalue weighted by Crippen LogP contribution is 2.20. The fourth-order valence-electron chi connectivity index (χ4n) is 3.26. The molecule has 0 bridgehead atoms. The number of fused-ring (bicyclic) bond motifs is 1. The Hall–Kier alpha value is -2.57. The zero-order valence-corrected chi connectivity index (χ0v) is 16.1. The van der Waals surface area contributed by atoms with E-state index in [9.17, 15) is 9.59 Å². The van der Waals surface area contributed by atoms with Crippen molar-refractivity contribution in [2.75, 3.05) is 44.3 Å². The maximum absolute atomic E-state index is 12.9. The van der Waals surface area contributed by atoms with Crippen LogP contribution in [0.4, 0.5) is 5.95 Å². The summed E-state index contributed by atoms with van der Waals surface area (Å²) in [7, 11) is 1.49. The van der Waals surface area contributed by atoms with E-state index in [0.717, 1.165) is 30.7 Å². The van der Waals surface area contributed by atoms with E-state index in [0.29, 0.717) is 43.4 Å². The first-order chi connectivity index (χ1) is 13.1. The lowest BCUT2D eigenvalue weighted by Crippen LogP contribution is -2.44. The lowest BCUT2D eigenvalue weighted by molar-refractivity contribution is 0.138. The Morgan fingerprint density at radius 2 is 1.96 bits per heavy atom. The van der Waals surface area contributed by atoms with Crippen molar-refractivity contribution in [3.05, 3.63) is 20.8 Å². The molecule has 0 aliphatic carbocycles. The number of piperazine rings is 1. The molecule has 3 rings (SSSR count). The first-order valence-electron chi connectivity index (χ1n) is 9.23. The van der Waals surface area contributed by atoms with Gasteiger partial charge in [-0.2, -0.15) is 4.98 Å². The third-order valence-electron chi connectivity index (χ3n) is 4.69. The molecule has 1 fully saturated rings. The number of anilines is 1. The van der Waals surface area contributed by atoms with Gasteiger partial charge in [-0.3, -0.25) is 18.5 Å². The number of imidazole rings is 1. The van der Waals surface area contributed by atoms with Gasteiger partial charge in [0.1, 0.15) is 0 Å². The second-order valence-electron chi connectivity index (χ2n) is 6.33. The highest BCUT2D eigenvalue weighted by atomic mass is 16.5. The zero-order valence-electron chi connectivity index (χ0n) is 16.1. The Kier molecular flexibility index (Phi) is 5.98. The summed E-state index contributed by atoms with van der Waals surface area (Å²) in [5, 5.41) is 3.31. The minimum atomic E-state index is -0.384. The van der Waals surface area contributed by atoms with Crippen LogP contribution in [0.3, 0.4) is 0 Å². The minimum absolute atomic E-state index is 0.342. The zero-order chi connectivity index (χ0) is 19.4. The Morgan fingerprint density at radius 1 is 1.22 bits per heavy atom. The molecule has 0 spiro atoms. The molecule has 3 heterocycles. The summed E-state index contributed by atoms with van der Waals surface area (Å²) in [6, 6.07) is 0. The second-order valence-corrected chi connectivity index (χ2v) is 6.33. The van der Waals surface area contributed by atoms with Crippen LogP contribution in [0.15, 0.2) is 9.59 Å². The van der Waals surface area contributed by atoms with Crippen LogP contribution in [0.1, 0.15) is 13.8 Å². The predicted molar refractivity (Wildman–Crippen MR) is 104 cm³/mol. The molecule has 0 aromatic carbocycles. The quantitative estimate of drug-likeness (QED) is 0.535. The molecule has 0 radical (unpaired) electrons. The van der Waals surface area contributed by atoms with Gasteiger partial charge >= 0.3 is 5.69 Å². The molecule has 9 nitrogen and oxygen atoms in total. The van der Waals surface area contributed by atoms with Crippen molar-refractivity contribution in [2.45, 2.75) is 26.9 Å². The van der Waals surface area contributed by atoms with Crippen molar-refractivity contribution >= 4 is 17.1 Å². The number of rotatable bonds is 6. The summed E-state index contributed by atoms with van der Waals surface area (Å²) >= 11 is 0. The second kappa shape index (κ2) is 8.41. The Balaban J connectivity index is 2.23. The molecule has 2 aromatic heterocycles. The topological polar surface area (TPSA) is 86.3 Å². The van der Waals surface area contributed by atoms with Gasteiger partial charge in [-0.25, -0.2) is 4.79 Å². The number of hydrogen-bond donors (Lipinski definition) is 1. The Morgan fingerprint density at radius 3 is 2.63 bits per heavy atom. The standard InChI is InChI=1S/C18H26N6O3/c1-4-6-9-23-14-15(20-17(23)22-10-7-19-8-11-22)24(12-13-27-5-2)18(26)21(3)16(14)25/h19H,5,7-13H2,1-3H3. The molecule has 1 aliphatic rings. The third kappa shape index (κ3) is 3.63. The van der Waals surface area contributed by atoms with Gasteiger partial charge in [-0.15, -0.1) is 5.92 Å². The first kappa shape index (κ1) is 19.2. The minimum Gasteiger partial charge on any atom is -0.380 e. The van der Waals surface area contributed by atoms with E-state index < -0.39 is 0 Å². The van der Waals surface area contributed by atoms with E-state index in [4.69, 9.17) is 9.72 Å². The van der Waals surface area contributed by atoms with Gasteiger partial charge in [0.2, 0.25) is 5.95 Å². The highest BCUT2D eigenvalue weighted by molar-refractivity contribution is 5.75. The fourth-order valence-corrected chi connectivity index (χ4v) is 3.26. The maximum atomic E-state index is 12.9. The first-order valence-corrected chi connectivity index (χ1v) is 9.23. The number of nitrogens with zero attached hydrogens (tertiary/aromatic N) is 5. The van der Waals surface area contributed by atoms with Gasteiger partial charge in [0.25, 0.3) is 5.56 Å². The lowest BCUT2D eigenvalue weighted by atomic mass is 10.4. The van der Waals surface area contributed by atoms with Crippen molar-refractivity contribution in [3.63, 3.8) is 0 Å². The number of ether oxygens (including phenoxy) is 1. The van der Waals surface area contributed by atoms with E-state index in [1.807, 2.05) is 11.5 Å². The third-order valence-corrected chi connectivity index (χ3v) is 4.69. The summed E-state index contributed by atoms with van der Waals surface area (Å²) in [6.45, 7) is 8.57. The number of nitrogens with one attached hydrogen (secondary N) is 1. The van der Waals surface area contributed by atoms with E-state index in [1.165, 1.54) is 11.6 Å². The monoisotopic (exact) mass is 374 g/mol. The van der Waals surface area contributed by atoms with Gasteiger partial charge in [0.05, 0.1) is 19.7 Å². The predicted octanol–water partition coefficient (Wildman–Crippen LogP) is -0.634. The van der Waals surface area contributed by atoms with E-state index >= 15 is 0 Å². The summed E-state index contributed by atoms with van der Waals surface area (Å²) in [4.78, 5) is 32.4. The van der Waals surface area contributed by atoms with E-state index in [1.54, 1.807) is 6.92 Å². The van der Waals surface area contributed by atoms with E-state index in [2.05, 4.69) is 22.1 Å². The van der Waals surface area contributed by atoms with Gasteiger partial charge in [-0.05, 0) is 13.8 Å². The number of hydrogen-bond acceptors (Lipinski definition) is 6. The van der Waals surface area contributed by atoms with Crippen LogP contribution in [-0.4, -0.2) is 58.1 Å². The summed E-state index contributed by atoms with van der Waals surface area (Å²) in [6.07, 6.45) is 0. The van der Waals surface area contributed by atoms with Crippen LogP contribution >= 0.6 is 0 Å². The molecule has 2 aromatic rings. The van der Waals surface area contributed by atoms with Crippen LogP contribution in [0.2, 0.25) is 0 Å². The van der Waals surface area contributed by atoms with Gasteiger partial charge in [0, 0.05) is 39.8 Å². The maximum Gasteiger partial charge on any atom is 0.332 e. The van der Waals surface area contributed by atoms with Crippen LogP contribution in [0.25, 0.3) is 11.2 Å². The van der Waals surface area contributed by atoms with Gasteiger partial charge < -0.3 is 15.0 Å². The van der Waals surface area contributed by atoms with Crippen LogP contribution in [-0.2, 0) is 24.9 Å². The molecule has 146 valence electrons. The average Bonchev–Trinajstić information content (AvgIpc) is 3.07. The summed E-state index contributed by atoms with van der Waals surface area (Å²) in [5.74, 6) is 6.58. The van der Waals surface area contributed by atoms with Crippen molar-refractivity contribution in [1.29, 1.82) is 0 Å². The van der Waals surface area contributed by atoms with Gasteiger partial charge in [-0.1, -0.05) is 5.92 Å². The van der Waals surface area contributed by atoms with Crippen LogP contribution in [0, 0.1) is 11.8 Å². The molecule has 27 heavy (non-hydrogen) atoms.